The Kier molecular flexibility index (Phi) is 6.90. The molecule has 5 N–H and O–H groups in total. The lowest BCUT2D eigenvalue weighted by Gasteiger charge is -2.32. The number of pyridine rings is 1. The summed E-state index contributed by atoms with van der Waals surface area (Å²) in [7, 11) is 0. The number of amidine groups is 1. The Morgan fingerprint density at radius 2 is 2.19 bits per heavy atom. The zero-order valence-electron chi connectivity index (χ0n) is 19.5. The number of thiophene rings is 1. The predicted octanol–water partition coefficient (Wildman–Crippen LogP) is 4.88. The number of rotatable bonds is 6. The molecule has 37 heavy (non-hydrogen) atoms. The van der Waals surface area contributed by atoms with E-state index in [1.54, 1.807) is 18.2 Å². The Morgan fingerprint density at radius 3 is 2.92 bits per heavy atom. The Hall–Kier alpha value is -3.83. The van der Waals surface area contributed by atoms with Crippen molar-refractivity contribution in [3.8, 4) is 17.1 Å². The van der Waals surface area contributed by atoms with Gasteiger partial charge in [-0.2, -0.15) is 0 Å². The average molecular weight is 540 g/mol. The molecule has 0 spiro atoms. The monoisotopic (exact) mass is 539 g/mol. The van der Waals surface area contributed by atoms with Gasteiger partial charge in [-0.15, -0.1) is 11.3 Å². The number of nitrogens with two attached hydrogens (primary N) is 1. The Bertz CT molecular complexity index is 1510. The molecule has 1 aliphatic rings. The van der Waals surface area contributed by atoms with Gasteiger partial charge in [-0.05, 0) is 56.0 Å². The normalized spacial score (nSPS) is 18.2. The van der Waals surface area contributed by atoms with Crippen molar-refractivity contribution >= 4 is 52.1 Å². The van der Waals surface area contributed by atoms with Crippen LogP contribution in [0.3, 0.4) is 0 Å². The van der Waals surface area contributed by atoms with E-state index < -0.39 is 5.82 Å². The van der Waals surface area contributed by atoms with Crippen molar-refractivity contribution < 1.29 is 14.3 Å². The number of carbonyl (C=O) groups excluding carboxylic acids is 1. The van der Waals surface area contributed by atoms with Crippen molar-refractivity contribution in [1.82, 2.24) is 19.9 Å². The number of phenolic OH excluding ortho intramolecular Hbond substituents is 1. The summed E-state index contributed by atoms with van der Waals surface area (Å²) in [6.07, 6.45) is 5.28. The number of aliphatic imine (C=N–C) groups is 1. The zero-order valence-corrected chi connectivity index (χ0v) is 21.1. The number of nitrogens with one attached hydrogen (secondary N) is 2. The summed E-state index contributed by atoms with van der Waals surface area (Å²) in [4.78, 5) is 26.0. The van der Waals surface area contributed by atoms with Crippen molar-refractivity contribution in [2.75, 3.05) is 0 Å². The first kappa shape index (κ1) is 24.8. The molecule has 0 radical (unpaired) electrons. The number of benzene rings is 1. The van der Waals surface area contributed by atoms with Crippen LogP contribution in [-0.4, -0.2) is 43.8 Å². The van der Waals surface area contributed by atoms with E-state index in [9.17, 15) is 14.3 Å². The molecule has 3 aromatic heterocycles. The van der Waals surface area contributed by atoms with Gasteiger partial charge in [0, 0.05) is 12.1 Å². The zero-order chi connectivity index (χ0) is 26.1. The summed E-state index contributed by atoms with van der Waals surface area (Å²) in [5.74, 6) is -0.709. The topological polar surface area (TPSA) is 142 Å². The molecular weight excluding hydrogens is 517 g/mol. The van der Waals surface area contributed by atoms with Crippen LogP contribution in [0.15, 0.2) is 47.6 Å². The first-order chi connectivity index (χ1) is 17.9. The van der Waals surface area contributed by atoms with Gasteiger partial charge in [-0.3, -0.25) is 15.2 Å². The van der Waals surface area contributed by atoms with Crippen LogP contribution in [0.25, 0.3) is 22.4 Å². The van der Waals surface area contributed by atoms with Crippen LogP contribution < -0.4 is 11.1 Å². The molecule has 1 saturated carbocycles. The van der Waals surface area contributed by atoms with E-state index >= 15 is 0 Å². The van der Waals surface area contributed by atoms with Gasteiger partial charge < -0.3 is 20.7 Å². The highest BCUT2D eigenvalue weighted by Crippen LogP contribution is 2.39. The summed E-state index contributed by atoms with van der Waals surface area (Å²) in [6.45, 7) is 0. The smallest absolute Gasteiger partial charge is 0.261 e. The highest BCUT2D eigenvalue weighted by molar-refractivity contribution is 7.18. The number of halogens is 2. The molecule has 4 aromatic rings. The molecule has 5 rings (SSSR count). The van der Waals surface area contributed by atoms with E-state index in [-0.39, 0.29) is 41.0 Å². The molecule has 3 heterocycles. The average Bonchev–Trinajstić information content (AvgIpc) is 3.47. The quantitative estimate of drug-likeness (QED) is 0.204. The number of nitrogens with zero attached hydrogens (tertiary/aromatic N) is 4. The van der Waals surface area contributed by atoms with Gasteiger partial charge in [0.2, 0.25) is 0 Å². The molecule has 0 aliphatic heterocycles. The molecule has 1 amide bonds. The fourth-order valence-electron chi connectivity index (χ4n) is 4.78. The van der Waals surface area contributed by atoms with Gasteiger partial charge in [-0.1, -0.05) is 17.7 Å². The third-order valence-electron chi connectivity index (χ3n) is 6.40. The van der Waals surface area contributed by atoms with E-state index in [2.05, 4.69) is 20.3 Å². The minimum Gasteiger partial charge on any atom is -0.507 e. The van der Waals surface area contributed by atoms with E-state index in [0.29, 0.717) is 32.4 Å². The third-order valence-corrected chi connectivity index (χ3v) is 7.63. The number of aromatic hydroxyl groups is 1. The SMILES string of the molecule is N=CN=C(N)c1cc2c(cn1)nc(-c1c(O)cccc1F)n2C1CCCC(NC(=O)c2ccc(Cl)s2)C1. The number of phenols is 1. The molecule has 0 saturated heterocycles. The molecular formula is C25H23ClFN7O2S. The first-order valence-corrected chi connectivity index (χ1v) is 12.8. The van der Waals surface area contributed by atoms with Gasteiger partial charge in [-0.25, -0.2) is 14.4 Å². The molecule has 9 nitrogen and oxygen atoms in total. The first-order valence-electron chi connectivity index (χ1n) is 11.6. The summed E-state index contributed by atoms with van der Waals surface area (Å²) in [5, 5.41) is 20.9. The lowest BCUT2D eigenvalue weighted by atomic mass is 9.90. The van der Waals surface area contributed by atoms with E-state index in [4.69, 9.17) is 22.7 Å². The van der Waals surface area contributed by atoms with Crippen LogP contribution in [0.4, 0.5) is 4.39 Å². The third kappa shape index (κ3) is 4.92. The van der Waals surface area contributed by atoms with Gasteiger partial charge in [0.1, 0.15) is 34.9 Å². The van der Waals surface area contributed by atoms with Crippen LogP contribution in [-0.2, 0) is 0 Å². The minimum absolute atomic E-state index is 0.0132. The highest BCUT2D eigenvalue weighted by atomic mass is 35.5. The van der Waals surface area contributed by atoms with Gasteiger partial charge in [0.25, 0.3) is 5.91 Å². The predicted molar refractivity (Wildman–Crippen MR) is 142 cm³/mol. The number of aromatic nitrogens is 3. The fourth-order valence-corrected chi connectivity index (χ4v) is 5.72. The number of amides is 1. The van der Waals surface area contributed by atoms with Crippen LogP contribution >= 0.6 is 22.9 Å². The molecule has 2 atom stereocenters. The van der Waals surface area contributed by atoms with Crippen molar-refractivity contribution in [3.05, 3.63) is 63.3 Å². The maximum absolute atomic E-state index is 15.0. The lowest BCUT2D eigenvalue weighted by molar-refractivity contribution is 0.0925. The minimum atomic E-state index is -0.607. The molecule has 0 bridgehead atoms. The van der Waals surface area contributed by atoms with Crippen molar-refractivity contribution in [2.24, 2.45) is 10.7 Å². The molecule has 1 fully saturated rings. The fraction of sp³-hybridized carbons (Fsp3) is 0.240. The number of imidazole rings is 1. The standard InChI is InChI=1S/C25H23ClFN7O2S/c26-21-8-7-20(37-21)25(36)32-13-3-1-4-14(9-13)34-18-10-16(23(29)31-12-28)30-11-17(18)33-24(34)22-15(27)5-2-6-19(22)35/h2,5-8,10-14,35H,1,3-4,9H2,(H,32,36)(H3,28,29,31). The molecule has 190 valence electrons. The maximum atomic E-state index is 15.0. The molecule has 1 aromatic carbocycles. The van der Waals surface area contributed by atoms with Crippen LogP contribution in [0.2, 0.25) is 4.34 Å². The Labute approximate surface area is 220 Å². The van der Waals surface area contributed by atoms with E-state index in [1.807, 2.05) is 4.57 Å². The van der Waals surface area contributed by atoms with Crippen molar-refractivity contribution in [3.63, 3.8) is 0 Å². The molecule has 2 unspecified atom stereocenters. The second-order valence-electron chi connectivity index (χ2n) is 8.74. The highest BCUT2D eigenvalue weighted by Gasteiger charge is 2.30. The van der Waals surface area contributed by atoms with Gasteiger partial charge in [0.05, 0.1) is 26.5 Å². The summed E-state index contributed by atoms with van der Waals surface area (Å²) >= 11 is 7.21. The van der Waals surface area contributed by atoms with Crippen LogP contribution in [0.1, 0.15) is 47.1 Å². The number of carbonyl (C=O) groups is 1. The summed E-state index contributed by atoms with van der Waals surface area (Å²) < 4.78 is 17.4. The molecule has 12 heteroatoms. The lowest BCUT2D eigenvalue weighted by Crippen LogP contribution is -2.38. The van der Waals surface area contributed by atoms with Gasteiger partial charge in [0.15, 0.2) is 5.84 Å². The Morgan fingerprint density at radius 1 is 1.35 bits per heavy atom. The maximum Gasteiger partial charge on any atom is 0.261 e. The van der Waals surface area contributed by atoms with E-state index in [1.165, 1.54) is 35.7 Å². The Balaban J connectivity index is 1.58. The van der Waals surface area contributed by atoms with Crippen LogP contribution in [0, 0.1) is 11.2 Å². The number of hydrogen-bond acceptors (Lipinski definition) is 6. The van der Waals surface area contributed by atoms with Crippen molar-refractivity contribution in [2.45, 2.75) is 37.8 Å². The largest absolute Gasteiger partial charge is 0.507 e. The number of fused-ring (bicyclic) bond motifs is 1. The summed E-state index contributed by atoms with van der Waals surface area (Å²) in [6, 6.07) is 8.90. The second-order valence-corrected chi connectivity index (χ2v) is 10.5. The number of hydrogen-bond donors (Lipinski definition) is 4. The van der Waals surface area contributed by atoms with Gasteiger partial charge >= 0.3 is 0 Å². The second kappa shape index (κ2) is 10.3. The van der Waals surface area contributed by atoms with Crippen molar-refractivity contribution in [1.29, 1.82) is 5.41 Å². The van der Waals surface area contributed by atoms with Crippen LogP contribution in [0.5, 0.6) is 5.75 Å². The molecule has 1 aliphatic carbocycles. The summed E-state index contributed by atoms with van der Waals surface area (Å²) in [5.41, 5.74) is 7.43. The van der Waals surface area contributed by atoms with E-state index in [0.717, 1.165) is 25.6 Å².